The Balaban J connectivity index is 2.56. The molecule has 7 nitrogen and oxygen atoms in total. The molecule has 0 amide bonds. The van der Waals surface area contributed by atoms with E-state index >= 15 is 0 Å². The average Bonchev–Trinajstić information content (AvgIpc) is 2.72. The fourth-order valence-electron chi connectivity index (χ4n) is 2.66. The van der Waals surface area contributed by atoms with Crippen LogP contribution in [0.5, 0.6) is 11.5 Å². The zero-order valence-electron chi connectivity index (χ0n) is 16.4. The van der Waals surface area contributed by atoms with Crippen LogP contribution in [0.15, 0.2) is 47.4 Å². The zero-order chi connectivity index (χ0) is 22.5. The SMILES string of the molecule is COC(=O)CN(Cc1cc(OC)cc(OC)c1)S(=O)(=O)c1ccccc1C(F)(F)F. The standard InChI is InChI=1S/C19H20F3NO6S/c1-27-14-8-13(9-15(10-14)28-2)11-23(12-18(24)29-3)30(25,26)17-7-5-4-6-16(17)19(20,21)22/h4-10H,11-12H2,1-3H3. The number of esters is 1. The van der Waals surface area contributed by atoms with Crippen LogP contribution in [-0.2, 0) is 32.3 Å². The number of rotatable bonds is 8. The third-order valence-corrected chi connectivity index (χ3v) is 5.96. The Morgan fingerprint density at radius 3 is 2.07 bits per heavy atom. The first-order valence-corrected chi connectivity index (χ1v) is 9.92. The second-order valence-corrected chi connectivity index (χ2v) is 7.97. The summed E-state index contributed by atoms with van der Waals surface area (Å²) < 4.78 is 81.8. The molecule has 2 aromatic rings. The highest BCUT2D eigenvalue weighted by atomic mass is 32.2. The van der Waals surface area contributed by atoms with Gasteiger partial charge in [-0.05, 0) is 29.8 Å². The Morgan fingerprint density at radius 1 is 1.00 bits per heavy atom. The first kappa shape index (κ1) is 23.5. The van der Waals surface area contributed by atoms with Crippen molar-refractivity contribution in [2.45, 2.75) is 17.6 Å². The predicted molar refractivity (Wildman–Crippen MR) is 101 cm³/mol. The van der Waals surface area contributed by atoms with Gasteiger partial charge in [0.2, 0.25) is 10.0 Å². The number of methoxy groups -OCH3 is 3. The first-order valence-electron chi connectivity index (χ1n) is 8.48. The number of benzene rings is 2. The molecule has 0 unspecified atom stereocenters. The van der Waals surface area contributed by atoms with E-state index < -0.39 is 45.7 Å². The number of nitrogens with zero attached hydrogens (tertiary/aromatic N) is 1. The van der Waals surface area contributed by atoms with Crippen LogP contribution in [0.25, 0.3) is 0 Å². The smallest absolute Gasteiger partial charge is 0.417 e. The van der Waals surface area contributed by atoms with Crippen molar-refractivity contribution in [3.63, 3.8) is 0 Å². The molecule has 0 radical (unpaired) electrons. The Hall–Kier alpha value is -2.79. The van der Waals surface area contributed by atoms with Crippen LogP contribution in [0.2, 0.25) is 0 Å². The molecule has 0 aliphatic rings. The fourth-order valence-corrected chi connectivity index (χ4v) is 4.25. The van der Waals surface area contributed by atoms with Crippen LogP contribution in [-0.4, -0.2) is 46.6 Å². The summed E-state index contributed by atoms with van der Waals surface area (Å²) in [5, 5.41) is 0. The number of carbonyl (C=O) groups is 1. The maximum absolute atomic E-state index is 13.4. The molecule has 0 fully saturated rings. The third-order valence-electron chi connectivity index (χ3n) is 4.11. The van der Waals surface area contributed by atoms with Crippen molar-refractivity contribution < 1.29 is 40.6 Å². The van der Waals surface area contributed by atoms with Crippen molar-refractivity contribution in [3.8, 4) is 11.5 Å². The highest BCUT2D eigenvalue weighted by Gasteiger charge is 2.39. The molecule has 0 N–H and O–H groups in total. The van der Waals surface area contributed by atoms with Crippen LogP contribution >= 0.6 is 0 Å². The van der Waals surface area contributed by atoms with Gasteiger partial charge in [0.15, 0.2) is 0 Å². The van der Waals surface area contributed by atoms with E-state index in [1.165, 1.54) is 32.4 Å². The summed E-state index contributed by atoms with van der Waals surface area (Å²) in [7, 11) is -0.900. The number of halogens is 3. The molecule has 0 aliphatic carbocycles. The number of sulfonamides is 1. The molecule has 0 atom stereocenters. The Labute approximate surface area is 172 Å². The summed E-state index contributed by atoms with van der Waals surface area (Å²) in [6.07, 6.45) is -4.90. The van der Waals surface area contributed by atoms with E-state index in [0.717, 1.165) is 19.2 Å². The van der Waals surface area contributed by atoms with Crippen LogP contribution in [0.1, 0.15) is 11.1 Å². The number of alkyl halides is 3. The molecule has 0 heterocycles. The average molecular weight is 447 g/mol. The maximum atomic E-state index is 13.4. The minimum Gasteiger partial charge on any atom is -0.497 e. The topological polar surface area (TPSA) is 82.1 Å². The molecule has 0 saturated heterocycles. The molecule has 2 aromatic carbocycles. The van der Waals surface area contributed by atoms with Crippen LogP contribution in [0, 0.1) is 0 Å². The van der Waals surface area contributed by atoms with Gasteiger partial charge in [0.25, 0.3) is 0 Å². The van der Waals surface area contributed by atoms with Crippen molar-refractivity contribution in [2.24, 2.45) is 0 Å². The monoisotopic (exact) mass is 447 g/mol. The van der Waals surface area contributed by atoms with Crippen LogP contribution in [0.3, 0.4) is 0 Å². The number of ether oxygens (including phenoxy) is 3. The first-order chi connectivity index (χ1) is 14.0. The van der Waals surface area contributed by atoms with Crippen molar-refractivity contribution in [1.82, 2.24) is 4.31 Å². The van der Waals surface area contributed by atoms with Gasteiger partial charge in [-0.25, -0.2) is 8.42 Å². The van der Waals surface area contributed by atoms with Crippen LogP contribution < -0.4 is 9.47 Å². The van der Waals surface area contributed by atoms with Crippen LogP contribution in [0.4, 0.5) is 13.2 Å². The molecule has 0 aliphatic heterocycles. The van der Waals surface area contributed by atoms with Gasteiger partial charge in [-0.3, -0.25) is 4.79 Å². The minimum absolute atomic E-state index is 0.336. The van der Waals surface area contributed by atoms with Gasteiger partial charge in [0, 0.05) is 12.6 Å². The van der Waals surface area contributed by atoms with Crippen molar-refractivity contribution in [3.05, 3.63) is 53.6 Å². The highest BCUT2D eigenvalue weighted by Crippen LogP contribution is 2.35. The quantitative estimate of drug-likeness (QED) is 0.579. The van der Waals surface area contributed by atoms with Gasteiger partial charge >= 0.3 is 12.1 Å². The van der Waals surface area contributed by atoms with Gasteiger partial charge in [-0.2, -0.15) is 17.5 Å². The predicted octanol–water partition coefficient (Wildman–Crippen LogP) is 3.09. The molecule has 0 spiro atoms. The summed E-state index contributed by atoms with van der Waals surface area (Å²) in [6.45, 7) is -1.21. The molecular formula is C19H20F3NO6S. The molecule has 11 heteroatoms. The van der Waals surface area contributed by atoms with E-state index in [4.69, 9.17) is 9.47 Å². The molecule has 0 aromatic heterocycles. The van der Waals surface area contributed by atoms with Gasteiger partial charge in [-0.15, -0.1) is 0 Å². The third kappa shape index (κ3) is 5.42. The summed E-state index contributed by atoms with van der Waals surface area (Å²) in [6, 6.07) is 8.27. The largest absolute Gasteiger partial charge is 0.497 e. The normalized spacial score (nSPS) is 12.0. The highest BCUT2D eigenvalue weighted by molar-refractivity contribution is 7.89. The van der Waals surface area contributed by atoms with E-state index in [0.29, 0.717) is 27.4 Å². The van der Waals surface area contributed by atoms with Gasteiger partial charge < -0.3 is 14.2 Å². The molecule has 164 valence electrons. The molecule has 30 heavy (non-hydrogen) atoms. The molecule has 2 rings (SSSR count). The number of hydrogen-bond acceptors (Lipinski definition) is 6. The lowest BCUT2D eigenvalue weighted by molar-refractivity contribution is -0.140. The molecule has 0 bridgehead atoms. The Morgan fingerprint density at radius 2 is 1.57 bits per heavy atom. The minimum atomic E-state index is -4.90. The number of carbonyl (C=O) groups excluding carboxylic acids is 1. The second-order valence-electron chi connectivity index (χ2n) is 6.06. The van der Waals surface area contributed by atoms with Gasteiger partial charge in [0.1, 0.15) is 18.0 Å². The summed E-state index contributed by atoms with van der Waals surface area (Å²) in [5.74, 6) is -0.246. The van der Waals surface area contributed by atoms with E-state index in [9.17, 15) is 26.4 Å². The molecular weight excluding hydrogens is 427 g/mol. The van der Waals surface area contributed by atoms with Crippen molar-refractivity contribution in [2.75, 3.05) is 27.9 Å². The van der Waals surface area contributed by atoms with E-state index in [1.807, 2.05) is 0 Å². The van der Waals surface area contributed by atoms with E-state index in [-0.39, 0.29) is 0 Å². The lowest BCUT2D eigenvalue weighted by Crippen LogP contribution is -2.36. The fraction of sp³-hybridized carbons (Fsp3) is 0.316. The Bertz CT molecular complexity index is 985. The van der Waals surface area contributed by atoms with Crippen molar-refractivity contribution in [1.29, 1.82) is 0 Å². The van der Waals surface area contributed by atoms with Gasteiger partial charge in [0.05, 0.1) is 31.8 Å². The lowest BCUT2D eigenvalue weighted by Gasteiger charge is -2.23. The summed E-state index contributed by atoms with van der Waals surface area (Å²) >= 11 is 0. The lowest BCUT2D eigenvalue weighted by atomic mass is 10.2. The number of hydrogen-bond donors (Lipinski definition) is 0. The second kappa shape index (κ2) is 9.35. The zero-order valence-corrected chi connectivity index (χ0v) is 17.2. The molecule has 0 saturated carbocycles. The van der Waals surface area contributed by atoms with E-state index in [1.54, 1.807) is 6.07 Å². The van der Waals surface area contributed by atoms with E-state index in [2.05, 4.69) is 4.74 Å². The summed E-state index contributed by atoms with van der Waals surface area (Å²) in [4.78, 5) is 10.9. The maximum Gasteiger partial charge on any atom is 0.417 e. The van der Waals surface area contributed by atoms with Crippen molar-refractivity contribution >= 4 is 16.0 Å². The Kier molecular flexibility index (Phi) is 7.32. The summed E-state index contributed by atoms with van der Waals surface area (Å²) in [5.41, 5.74) is -0.994. The van der Waals surface area contributed by atoms with Gasteiger partial charge in [-0.1, -0.05) is 12.1 Å².